The number of anilines is 2. The molecule has 3 aromatic rings. The molecular weight excluding hydrogens is 520 g/mol. The summed E-state index contributed by atoms with van der Waals surface area (Å²) in [7, 11) is 0. The van der Waals surface area contributed by atoms with E-state index in [1.54, 1.807) is 12.1 Å². The Morgan fingerprint density at radius 1 is 0.970 bits per heavy atom. The summed E-state index contributed by atoms with van der Waals surface area (Å²) in [6.07, 6.45) is 0. The summed E-state index contributed by atoms with van der Waals surface area (Å²) in [5, 5.41) is 6.88. The minimum absolute atomic E-state index is 0.250. The number of amides is 1. The van der Waals surface area contributed by atoms with E-state index in [2.05, 4.69) is 54.6 Å². The van der Waals surface area contributed by atoms with Gasteiger partial charge in [-0.05, 0) is 66.3 Å². The van der Waals surface area contributed by atoms with Gasteiger partial charge < -0.3 is 10.2 Å². The van der Waals surface area contributed by atoms with Gasteiger partial charge in [-0.15, -0.1) is 0 Å². The highest BCUT2D eigenvalue weighted by Gasteiger charge is 2.18. The number of piperazine rings is 1. The Labute approximate surface area is 212 Å². The van der Waals surface area contributed by atoms with Crippen molar-refractivity contribution in [1.29, 1.82) is 0 Å². The number of thiocarbonyl (C=S) groups is 1. The van der Waals surface area contributed by atoms with Gasteiger partial charge >= 0.3 is 0 Å². The number of rotatable bonds is 5. The molecule has 1 aliphatic rings. The Kier molecular flexibility index (Phi) is 7.98. The Hall–Kier alpha value is -2.45. The van der Waals surface area contributed by atoms with Crippen molar-refractivity contribution in [2.24, 2.45) is 0 Å². The third kappa shape index (κ3) is 6.54. The second-order valence-corrected chi connectivity index (χ2v) is 9.55. The largest absolute Gasteiger partial charge is 0.369 e. The van der Waals surface area contributed by atoms with Crippen LogP contribution in [0.2, 0.25) is 5.02 Å². The predicted molar refractivity (Wildman–Crippen MR) is 143 cm³/mol. The van der Waals surface area contributed by atoms with Gasteiger partial charge in [-0.2, -0.15) is 0 Å². The van der Waals surface area contributed by atoms with Gasteiger partial charge in [0.25, 0.3) is 5.91 Å². The van der Waals surface area contributed by atoms with E-state index in [-0.39, 0.29) is 11.0 Å². The molecule has 0 aromatic heterocycles. The van der Waals surface area contributed by atoms with Crippen LogP contribution in [-0.4, -0.2) is 42.1 Å². The zero-order valence-electron chi connectivity index (χ0n) is 17.9. The topological polar surface area (TPSA) is 47.6 Å². The molecule has 5 nitrogen and oxygen atoms in total. The number of nitrogens with one attached hydrogen (secondary N) is 2. The molecule has 1 fully saturated rings. The number of halogens is 2. The van der Waals surface area contributed by atoms with Crippen molar-refractivity contribution in [3.63, 3.8) is 0 Å². The molecule has 0 saturated carbocycles. The van der Waals surface area contributed by atoms with Gasteiger partial charge in [0.2, 0.25) is 0 Å². The number of carbonyl (C=O) groups is 1. The van der Waals surface area contributed by atoms with Gasteiger partial charge in [0, 0.05) is 59.2 Å². The standard InChI is InChI=1S/C25H24BrClN4OS/c26-20-6-3-5-18(16-20)24(32)29-25(33)28-21-8-10-22(11-9-21)31-14-12-30(13-15-31)17-19-4-1-2-7-23(19)27/h1-11,16H,12-15,17H2,(H2,28,29,32,33). The van der Waals surface area contributed by atoms with E-state index in [4.69, 9.17) is 23.8 Å². The van der Waals surface area contributed by atoms with E-state index in [1.165, 1.54) is 11.3 Å². The molecular formula is C25H24BrClN4OS. The van der Waals surface area contributed by atoms with Crippen LogP contribution in [0.5, 0.6) is 0 Å². The number of hydrogen-bond acceptors (Lipinski definition) is 4. The maximum Gasteiger partial charge on any atom is 0.257 e. The fourth-order valence-electron chi connectivity index (χ4n) is 3.75. The quantitative estimate of drug-likeness (QED) is 0.413. The van der Waals surface area contributed by atoms with E-state index in [0.717, 1.165) is 47.9 Å². The van der Waals surface area contributed by atoms with Crippen molar-refractivity contribution >= 4 is 62.1 Å². The van der Waals surface area contributed by atoms with E-state index in [0.29, 0.717) is 5.56 Å². The zero-order chi connectivity index (χ0) is 23.2. The van der Waals surface area contributed by atoms with Crippen LogP contribution in [0.15, 0.2) is 77.3 Å². The molecule has 1 saturated heterocycles. The molecule has 2 N–H and O–H groups in total. The molecule has 33 heavy (non-hydrogen) atoms. The summed E-state index contributed by atoms with van der Waals surface area (Å²) < 4.78 is 0.842. The first kappa shape index (κ1) is 23.7. The minimum Gasteiger partial charge on any atom is -0.369 e. The van der Waals surface area contributed by atoms with Gasteiger partial charge in [0.15, 0.2) is 5.11 Å². The molecule has 4 rings (SSSR count). The molecule has 3 aromatic carbocycles. The van der Waals surface area contributed by atoms with Crippen LogP contribution in [0.3, 0.4) is 0 Å². The van der Waals surface area contributed by atoms with E-state index < -0.39 is 0 Å². The smallest absolute Gasteiger partial charge is 0.257 e. The van der Waals surface area contributed by atoms with Crippen LogP contribution in [0, 0.1) is 0 Å². The van der Waals surface area contributed by atoms with Crippen molar-refractivity contribution in [2.45, 2.75) is 6.54 Å². The molecule has 0 aliphatic carbocycles. The first-order valence-corrected chi connectivity index (χ1v) is 12.2. The summed E-state index contributed by atoms with van der Waals surface area (Å²) in [4.78, 5) is 17.1. The molecule has 170 valence electrons. The lowest BCUT2D eigenvalue weighted by atomic mass is 10.2. The fourth-order valence-corrected chi connectivity index (χ4v) is 4.56. The van der Waals surface area contributed by atoms with Gasteiger partial charge in [-0.3, -0.25) is 15.0 Å². The first-order chi connectivity index (χ1) is 16.0. The van der Waals surface area contributed by atoms with Gasteiger partial charge in [0.05, 0.1) is 0 Å². The third-order valence-electron chi connectivity index (χ3n) is 5.53. The number of nitrogens with zero attached hydrogens (tertiary/aromatic N) is 2. The van der Waals surface area contributed by atoms with Crippen molar-refractivity contribution in [3.8, 4) is 0 Å². The Morgan fingerprint density at radius 3 is 2.39 bits per heavy atom. The molecule has 0 unspecified atom stereocenters. The number of carbonyl (C=O) groups excluding carboxylic acids is 1. The third-order valence-corrected chi connectivity index (χ3v) is 6.59. The van der Waals surface area contributed by atoms with Crippen molar-refractivity contribution in [1.82, 2.24) is 10.2 Å². The fraction of sp³-hybridized carbons (Fsp3) is 0.200. The summed E-state index contributed by atoms with van der Waals surface area (Å²) in [5.74, 6) is -0.250. The molecule has 0 radical (unpaired) electrons. The van der Waals surface area contributed by atoms with Crippen LogP contribution in [0.1, 0.15) is 15.9 Å². The molecule has 0 atom stereocenters. The van der Waals surface area contributed by atoms with Crippen molar-refractivity contribution in [2.75, 3.05) is 36.4 Å². The maximum absolute atomic E-state index is 12.3. The van der Waals surface area contributed by atoms with Crippen LogP contribution in [0.4, 0.5) is 11.4 Å². The Balaban J connectivity index is 1.26. The van der Waals surface area contributed by atoms with Crippen molar-refractivity contribution in [3.05, 3.63) is 93.4 Å². The van der Waals surface area contributed by atoms with Crippen LogP contribution in [-0.2, 0) is 6.54 Å². The lowest BCUT2D eigenvalue weighted by Gasteiger charge is -2.36. The molecule has 1 aliphatic heterocycles. The van der Waals surface area contributed by atoms with Gasteiger partial charge in [-0.25, -0.2) is 0 Å². The summed E-state index contributed by atoms with van der Waals surface area (Å²) in [6.45, 7) is 4.75. The lowest BCUT2D eigenvalue weighted by molar-refractivity contribution is 0.0977. The molecule has 8 heteroatoms. The van der Waals surface area contributed by atoms with Crippen LogP contribution in [0.25, 0.3) is 0 Å². The average molecular weight is 544 g/mol. The van der Waals surface area contributed by atoms with Crippen LogP contribution >= 0.6 is 39.7 Å². The lowest BCUT2D eigenvalue weighted by Crippen LogP contribution is -2.46. The van der Waals surface area contributed by atoms with Crippen LogP contribution < -0.4 is 15.5 Å². The van der Waals surface area contributed by atoms with E-state index in [9.17, 15) is 4.79 Å². The summed E-state index contributed by atoms with van der Waals surface area (Å²) in [5.41, 5.74) is 3.71. The molecule has 0 spiro atoms. The highest BCUT2D eigenvalue weighted by atomic mass is 79.9. The summed E-state index contributed by atoms with van der Waals surface area (Å²) in [6, 6.07) is 23.3. The second-order valence-electron chi connectivity index (χ2n) is 7.82. The first-order valence-electron chi connectivity index (χ1n) is 10.7. The maximum atomic E-state index is 12.3. The SMILES string of the molecule is O=C(NC(=S)Nc1ccc(N2CCN(Cc3ccccc3Cl)CC2)cc1)c1cccc(Br)c1. The van der Waals surface area contributed by atoms with E-state index >= 15 is 0 Å². The monoisotopic (exact) mass is 542 g/mol. The number of benzene rings is 3. The minimum atomic E-state index is -0.250. The number of hydrogen-bond donors (Lipinski definition) is 2. The highest BCUT2D eigenvalue weighted by Crippen LogP contribution is 2.22. The Bertz CT molecular complexity index is 1130. The van der Waals surface area contributed by atoms with Gasteiger partial charge in [-0.1, -0.05) is 51.8 Å². The second kappa shape index (κ2) is 11.1. The molecule has 0 bridgehead atoms. The highest BCUT2D eigenvalue weighted by molar-refractivity contribution is 9.10. The average Bonchev–Trinajstić information content (AvgIpc) is 2.81. The Morgan fingerprint density at radius 2 is 1.70 bits per heavy atom. The predicted octanol–water partition coefficient (Wildman–Crippen LogP) is 5.55. The zero-order valence-corrected chi connectivity index (χ0v) is 21.1. The van der Waals surface area contributed by atoms with Gasteiger partial charge in [0.1, 0.15) is 0 Å². The normalized spacial score (nSPS) is 14.1. The van der Waals surface area contributed by atoms with Crippen molar-refractivity contribution < 1.29 is 4.79 Å². The molecule has 1 heterocycles. The summed E-state index contributed by atoms with van der Waals surface area (Å²) >= 11 is 15.0. The van der Waals surface area contributed by atoms with E-state index in [1.807, 2.05) is 42.5 Å². The molecule has 1 amide bonds.